The van der Waals surface area contributed by atoms with Crippen molar-refractivity contribution in [2.24, 2.45) is 5.73 Å². The molecule has 2 unspecified atom stereocenters. The molecule has 4 rings (SSSR count). The molecule has 0 radical (unpaired) electrons. The van der Waals surface area contributed by atoms with Crippen LogP contribution in [0.2, 0.25) is 0 Å². The van der Waals surface area contributed by atoms with Gasteiger partial charge in [0.25, 0.3) is 0 Å². The van der Waals surface area contributed by atoms with Gasteiger partial charge in [0.15, 0.2) is 5.78 Å². The maximum absolute atomic E-state index is 14.0. The average Bonchev–Trinajstić information content (AvgIpc) is 3.31. The van der Waals surface area contributed by atoms with Gasteiger partial charge in [0.05, 0.1) is 42.2 Å². The number of aryl methyl sites for hydroxylation is 3. The van der Waals surface area contributed by atoms with Crippen LogP contribution in [-0.2, 0) is 19.1 Å². The molecule has 1 aromatic heterocycles. The van der Waals surface area contributed by atoms with Gasteiger partial charge >= 0.3 is 12.0 Å². The lowest BCUT2D eigenvalue weighted by atomic mass is 9.71. The predicted molar refractivity (Wildman–Crippen MR) is 147 cm³/mol. The minimum absolute atomic E-state index is 0.0210. The first-order valence-corrected chi connectivity index (χ1v) is 13.3. The number of hydrogen-bond acceptors (Lipinski definition) is 7. The number of ketones is 1. The molecule has 208 valence electrons. The van der Waals surface area contributed by atoms with Crippen molar-refractivity contribution in [1.29, 1.82) is 0 Å². The van der Waals surface area contributed by atoms with Gasteiger partial charge in [-0.2, -0.15) is 9.78 Å². The van der Waals surface area contributed by atoms with Crippen LogP contribution >= 0.6 is 0 Å². The summed E-state index contributed by atoms with van der Waals surface area (Å²) in [5.74, 6) is -1.42. The highest BCUT2D eigenvalue weighted by atomic mass is 16.5. The number of esters is 1. The first-order valence-electron chi connectivity index (χ1n) is 13.3. The number of nitrogens with one attached hydrogen (secondary N) is 1. The molecule has 9 nitrogen and oxygen atoms in total. The highest BCUT2D eigenvalue weighted by Gasteiger charge is 2.43. The molecule has 2 aliphatic rings. The largest absolute Gasteiger partial charge is 0.463 e. The summed E-state index contributed by atoms with van der Waals surface area (Å²) >= 11 is 0. The third-order valence-electron chi connectivity index (χ3n) is 7.16. The van der Waals surface area contributed by atoms with Gasteiger partial charge in [-0.3, -0.25) is 4.79 Å². The van der Waals surface area contributed by atoms with Gasteiger partial charge < -0.3 is 20.5 Å². The van der Waals surface area contributed by atoms with Gasteiger partial charge in [0, 0.05) is 29.5 Å². The number of primary amides is 1. The zero-order chi connectivity index (χ0) is 28.6. The first kappa shape index (κ1) is 28.3. The Morgan fingerprint density at radius 3 is 2.38 bits per heavy atom. The summed E-state index contributed by atoms with van der Waals surface area (Å²) in [6, 6.07) is 3.53. The number of allylic oxidation sites excluding steroid dienone is 2. The fourth-order valence-corrected chi connectivity index (χ4v) is 5.78. The summed E-state index contributed by atoms with van der Waals surface area (Å²) in [7, 11) is 0. The number of nitrogens with zero attached hydrogens (tertiary/aromatic N) is 2. The quantitative estimate of drug-likeness (QED) is 0.524. The molecule has 0 saturated heterocycles. The maximum atomic E-state index is 14.0. The summed E-state index contributed by atoms with van der Waals surface area (Å²) in [4.78, 5) is 39.2. The highest BCUT2D eigenvalue weighted by Crippen LogP contribution is 2.46. The number of hydrogen-bond donors (Lipinski definition) is 2. The maximum Gasteiger partial charge on any atom is 0.339 e. The van der Waals surface area contributed by atoms with E-state index in [0.29, 0.717) is 29.7 Å². The number of dihydropyridines is 1. The van der Waals surface area contributed by atoms with Crippen molar-refractivity contribution < 1.29 is 23.9 Å². The molecule has 1 aliphatic heterocycles. The second-order valence-corrected chi connectivity index (χ2v) is 11.4. The number of amides is 1. The Labute approximate surface area is 229 Å². The molecule has 0 bridgehead atoms. The van der Waals surface area contributed by atoms with E-state index in [1.54, 1.807) is 6.92 Å². The van der Waals surface area contributed by atoms with Gasteiger partial charge in [-0.15, -0.1) is 0 Å². The Balaban J connectivity index is 1.87. The van der Waals surface area contributed by atoms with E-state index >= 15 is 0 Å². The molecule has 2 heterocycles. The molecule has 1 aromatic carbocycles. The zero-order valence-electron chi connectivity index (χ0n) is 23.8. The van der Waals surface area contributed by atoms with Crippen LogP contribution in [-0.4, -0.2) is 46.4 Å². The van der Waals surface area contributed by atoms with Gasteiger partial charge in [-0.05, 0) is 77.5 Å². The van der Waals surface area contributed by atoms with E-state index in [-0.39, 0.29) is 30.5 Å². The van der Waals surface area contributed by atoms with Crippen molar-refractivity contribution in [2.75, 3.05) is 13.2 Å². The molecule has 2 atom stereocenters. The minimum Gasteiger partial charge on any atom is -0.463 e. The van der Waals surface area contributed by atoms with Crippen LogP contribution in [0.5, 0.6) is 0 Å². The van der Waals surface area contributed by atoms with Crippen LogP contribution in [0.4, 0.5) is 4.79 Å². The van der Waals surface area contributed by atoms with Gasteiger partial charge in [-0.25, -0.2) is 9.59 Å². The molecule has 0 fully saturated rings. The molecule has 1 aliphatic carbocycles. The van der Waals surface area contributed by atoms with Crippen LogP contribution in [0.3, 0.4) is 0 Å². The highest BCUT2D eigenvalue weighted by molar-refractivity contribution is 6.04. The summed E-state index contributed by atoms with van der Waals surface area (Å²) in [5, 5.41) is 7.50. The molecule has 39 heavy (non-hydrogen) atoms. The third-order valence-corrected chi connectivity index (χ3v) is 7.16. The molecule has 9 heteroatoms. The van der Waals surface area contributed by atoms with Crippen LogP contribution in [0.1, 0.15) is 80.2 Å². The predicted octanol–water partition coefficient (Wildman–Crippen LogP) is 4.46. The zero-order valence-corrected chi connectivity index (χ0v) is 23.8. The SMILES string of the molecule is CCOC(=O)C1=C(COC(C)(C)C)NC2=C(C(=O)CC(c3c(C)cc(C)cc3C)C2)C1c1cnn(C(N)=O)c1. The lowest BCUT2D eigenvalue weighted by Gasteiger charge is -2.38. The monoisotopic (exact) mass is 534 g/mol. The van der Waals surface area contributed by atoms with E-state index in [1.807, 2.05) is 20.8 Å². The Kier molecular flexibility index (Phi) is 7.84. The van der Waals surface area contributed by atoms with E-state index in [2.05, 4.69) is 43.3 Å². The molecule has 3 N–H and O–H groups in total. The van der Waals surface area contributed by atoms with Crippen molar-refractivity contribution in [1.82, 2.24) is 15.1 Å². The van der Waals surface area contributed by atoms with Gasteiger partial charge in [-0.1, -0.05) is 17.7 Å². The molecule has 1 amide bonds. The van der Waals surface area contributed by atoms with Crippen LogP contribution in [0, 0.1) is 20.8 Å². The van der Waals surface area contributed by atoms with Crippen LogP contribution in [0.25, 0.3) is 0 Å². The fraction of sp³-hybridized carbons (Fsp3) is 0.467. The fourth-order valence-electron chi connectivity index (χ4n) is 5.78. The van der Waals surface area contributed by atoms with Crippen molar-refractivity contribution in [3.05, 3.63) is 74.9 Å². The molecule has 0 saturated carbocycles. The first-order chi connectivity index (χ1) is 18.3. The van der Waals surface area contributed by atoms with Crippen LogP contribution < -0.4 is 11.1 Å². The van der Waals surface area contributed by atoms with Gasteiger partial charge in [0.1, 0.15) is 0 Å². The molecule has 2 aromatic rings. The standard InChI is InChI=1S/C30H38N4O5/c1-8-38-28(36)27-22(15-39-30(5,6)7)33-21-11-19(24-17(3)9-16(2)10-18(24)4)12-23(35)26(21)25(27)20-13-32-34(14-20)29(31)37/h9-10,13-14,19,25,33H,8,11-12,15H2,1-7H3,(H2,31,37). The van der Waals surface area contributed by atoms with Crippen molar-refractivity contribution in [3.63, 3.8) is 0 Å². The Hall–Kier alpha value is -3.72. The minimum atomic E-state index is -0.777. The second-order valence-electron chi connectivity index (χ2n) is 11.4. The number of aromatic nitrogens is 2. The summed E-state index contributed by atoms with van der Waals surface area (Å²) in [5.41, 5.74) is 12.2. The number of Topliss-reactive ketones (excluding diaryl/α,β-unsaturated/α-hetero) is 1. The topological polar surface area (TPSA) is 126 Å². The summed E-state index contributed by atoms with van der Waals surface area (Å²) in [6.07, 6.45) is 3.83. The van der Waals surface area contributed by atoms with Crippen molar-refractivity contribution in [3.8, 4) is 0 Å². The third kappa shape index (κ3) is 5.83. The number of rotatable bonds is 6. The summed E-state index contributed by atoms with van der Waals surface area (Å²) < 4.78 is 12.5. The van der Waals surface area contributed by atoms with E-state index < -0.39 is 23.5 Å². The number of benzene rings is 1. The molecule has 0 spiro atoms. The number of nitrogens with two attached hydrogens (primary N) is 1. The van der Waals surface area contributed by atoms with Crippen LogP contribution in [0.15, 0.2) is 47.1 Å². The Bertz CT molecular complexity index is 1370. The molecular weight excluding hydrogens is 496 g/mol. The van der Waals surface area contributed by atoms with Crippen molar-refractivity contribution >= 4 is 17.8 Å². The van der Waals surface area contributed by atoms with E-state index in [4.69, 9.17) is 15.2 Å². The Morgan fingerprint density at radius 2 is 1.82 bits per heavy atom. The molecular formula is C30H38N4O5. The smallest absolute Gasteiger partial charge is 0.339 e. The lowest BCUT2D eigenvalue weighted by Crippen LogP contribution is -2.39. The van der Waals surface area contributed by atoms with E-state index in [0.717, 1.165) is 21.5 Å². The van der Waals surface area contributed by atoms with Gasteiger partial charge in [0.2, 0.25) is 0 Å². The number of carbonyl (C=O) groups is 3. The van der Waals surface area contributed by atoms with E-state index in [9.17, 15) is 14.4 Å². The number of carbonyl (C=O) groups excluding carboxylic acids is 3. The van der Waals surface area contributed by atoms with E-state index in [1.165, 1.54) is 23.5 Å². The second kappa shape index (κ2) is 10.8. The lowest BCUT2D eigenvalue weighted by molar-refractivity contribution is -0.139. The number of ether oxygens (including phenoxy) is 2. The van der Waals surface area contributed by atoms with Crippen molar-refractivity contribution in [2.45, 2.75) is 78.7 Å². The normalized spacial score (nSPS) is 19.6. The summed E-state index contributed by atoms with van der Waals surface area (Å²) in [6.45, 7) is 14.0. The Morgan fingerprint density at radius 1 is 1.15 bits per heavy atom. The average molecular weight is 535 g/mol.